The molecule has 32 heavy (non-hydrogen) atoms. The predicted molar refractivity (Wildman–Crippen MR) is 128 cm³/mol. The molecule has 4 rings (SSSR count). The predicted octanol–water partition coefficient (Wildman–Crippen LogP) is 4.63. The number of nitrogens with zero attached hydrogens (tertiary/aromatic N) is 2. The Kier molecular flexibility index (Phi) is 6.79. The Balaban J connectivity index is 1.67. The van der Waals surface area contributed by atoms with E-state index < -0.39 is 10.0 Å². The third-order valence-electron chi connectivity index (χ3n) is 5.93. The molecule has 0 fully saturated rings. The van der Waals surface area contributed by atoms with Crippen LogP contribution < -0.4 is 0 Å². The van der Waals surface area contributed by atoms with E-state index >= 15 is 0 Å². The van der Waals surface area contributed by atoms with E-state index in [1.807, 2.05) is 24.0 Å². The van der Waals surface area contributed by atoms with E-state index in [0.29, 0.717) is 19.5 Å². The summed E-state index contributed by atoms with van der Waals surface area (Å²) in [7, 11) is -3.75. The Morgan fingerprint density at radius 2 is 1.78 bits per heavy atom. The van der Waals surface area contributed by atoms with Crippen LogP contribution in [0.2, 0.25) is 0 Å². The Labute approximate surface area is 194 Å². The standard InChI is InChI=1S/C25H28N2O3S2/c1-3-15-26(32(29,30)20-10-5-4-6-11-20)18-24(28)27-16-13-23-22(14-17-31-23)25(27)21-12-8-7-9-19(21)2/h4-12,14,17,25H,3,13,15-16,18H2,1-2H3. The highest BCUT2D eigenvalue weighted by Gasteiger charge is 2.35. The fourth-order valence-corrected chi connectivity index (χ4v) is 6.74. The number of carbonyl (C=O) groups excluding carboxylic acids is 1. The van der Waals surface area contributed by atoms with Crippen LogP contribution in [-0.4, -0.2) is 43.2 Å². The smallest absolute Gasteiger partial charge is 0.243 e. The van der Waals surface area contributed by atoms with Gasteiger partial charge in [-0.2, -0.15) is 4.31 Å². The topological polar surface area (TPSA) is 57.7 Å². The van der Waals surface area contributed by atoms with E-state index in [-0.39, 0.29) is 23.4 Å². The molecule has 2 aromatic carbocycles. The lowest BCUT2D eigenvalue weighted by molar-refractivity contribution is -0.133. The van der Waals surface area contributed by atoms with Gasteiger partial charge in [0.05, 0.1) is 17.5 Å². The van der Waals surface area contributed by atoms with Gasteiger partial charge in [0.25, 0.3) is 0 Å². The lowest BCUT2D eigenvalue weighted by Gasteiger charge is -2.38. The Morgan fingerprint density at radius 1 is 1.06 bits per heavy atom. The first-order valence-corrected chi connectivity index (χ1v) is 13.2. The van der Waals surface area contributed by atoms with Crippen molar-refractivity contribution in [2.45, 2.75) is 37.6 Å². The number of thiophene rings is 1. The van der Waals surface area contributed by atoms with Gasteiger partial charge in [-0.1, -0.05) is 49.4 Å². The summed E-state index contributed by atoms with van der Waals surface area (Å²) in [6.07, 6.45) is 1.43. The van der Waals surface area contributed by atoms with Crippen LogP contribution in [0, 0.1) is 6.92 Å². The number of hydrogen-bond acceptors (Lipinski definition) is 4. The Morgan fingerprint density at radius 3 is 2.50 bits per heavy atom. The molecule has 168 valence electrons. The zero-order chi connectivity index (χ0) is 22.7. The van der Waals surface area contributed by atoms with Crippen LogP contribution in [-0.2, 0) is 21.2 Å². The zero-order valence-electron chi connectivity index (χ0n) is 18.4. The molecule has 5 nitrogen and oxygen atoms in total. The zero-order valence-corrected chi connectivity index (χ0v) is 20.0. The van der Waals surface area contributed by atoms with E-state index in [2.05, 4.69) is 30.5 Å². The van der Waals surface area contributed by atoms with Gasteiger partial charge < -0.3 is 4.90 Å². The molecule has 0 bridgehead atoms. The van der Waals surface area contributed by atoms with Crippen molar-refractivity contribution in [2.75, 3.05) is 19.6 Å². The summed E-state index contributed by atoms with van der Waals surface area (Å²) < 4.78 is 27.8. The van der Waals surface area contributed by atoms with Gasteiger partial charge in [0.15, 0.2) is 0 Å². The number of aryl methyl sites for hydroxylation is 1. The molecule has 0 aliphatic carbocycles. The SMILES string of the molecule is CCCN(CC(=O)N1CCc2sccc2C1c1ccccc1C)S(=O)(=O)c1ccccc1. The summed E-state index contributed by atoms with van der Waals surface area (Å²) in [4.78, 5) is 17.0. The van der Waals surface area contributed by atoms with E-state index in [1.54, 1.807) is 41.7 Å². The monoisotopic (exact) mass is 468 g/mol. The molecule has 1 amide bonds. The molecule has 0 saturated carbocycles. The molecule has 0 saturated heterocycles. The average molecular weight is 469 g/mol. The maximum atomic E-state index is 13.6. The molecule has 2 heterocycles. The van der Waals surface area contributed by atoms with Crippen molar-refractivity contribution in [3.05, 3.63) is 87.6 Å². The highest BCUT2D eigenvalue weighted by atomic mass is 32.2. The van der Waals surface area contributed by atoms with Gasteiger partial charge in [-0.05, 0) is 60.0 Å². The van der Waals surface area contributed by atoms with Gasteiger partial charge in [-0.25, -0.2) is 8.42 Å². The molecular weight excluding hydrogens is 440 g/mol. The van der Waals surface area contributed by atoms with Crippen LogP contribution in [0.5, 0.6) is 0 Å². The van der Waals surface area contributed by atoms with Crippen LogP contribution in [0.15, 0.2) is 70.9 Å². The summed E-state index contributed by atoms with van der Waals surface area (Å²) in [5, 5.41) is 2.08. The largest absolute Gasteiger partial charge is 0.330 e. The number of carbonyl (C=O) groups is 1. The van der Waals surface area contributed by atoms with Crippen molar-refractivity contribution in [1.29, 1.82) is 0 Å². The van der Waals surface area contributed by atoms with Crippen molar-refractivity contribution < 1.29 is 13.2 Å². The van der Waals surface area contributed by atoms with Gasteiger partial charge in [0, 0.05) is 18.0 Å². The quantitative estimate of drug-likeness (QED) is 0.508. The van der Waals surface area contributed by atoms with Gasteiger partial charge in [-0.3, -0.25) is 4.79 Å². The minimum absolute atomic E-state index is 0.160. The van der Waals surface area contributed by atoms with Crippen molar-refractivity contribution in [2.24, 2.45) is 0 Å². The summed E-state index contributed by atoms with van der Waals surface area (Å²) in [6, 6.07) is 18.4. The molecule has 1 aliphatic rings. The molecule has 1 aromatic heterocycles. The van der Waals surface area contributed by atoms with Gasteiger partial charge in [-0.15, -0.1) is 11.3 Å². The lowest BCUT2D eigenvalue weighted by Crippen LogP contribution is -2.47. The summed E-state index contributed by atoms with van der Waals surface area (Å²) >= 11 is 1.72. The number of hydrogen-bond donors (Lipinski definition) is 0. The van der Waals surface area contributed by atoms with Crippen molar-refractivity contribution >= 4 is 27.3 Å². The minimum Gasteiger partial charge on any atom is -0.330 e. The molecule has 3 aromatic rings. The first-order chi connectivity index (χ1) is 15.4. The van der Waals surface area contributed by atoms with Crippen LogP contribution in [0.4, 0.5) is 0 Å². The molecule has 1 unspecified atom stereocenters. The minimum atomic E-state index is -3.75. The number of amides is 1. The number of fused-ring (bicyclic) bond motifs is 1. The van der Waals surface area contributed by atoms with Crippen molar-refractivity contribution in [3.8, 4) is 0 Å². The van der Waals surface area contributed by atoms with Gasteiger partial charge in [0.2, 0.25) is 15.9 Å². The highest BCUT2D eigenvalue weighted by molar-refractivity contribution is 7.89. The normalized spacial score (nSPS) is 16.2. The van der Waals surface area contributed by atoms with Gasteiger partial charge >= 0.3 is 0 Å². The second kappa shape index (κ2) is 9.57. The van der Waals surface area contributed by atoms with Crippen molar-refractivity contribution in [1.82, 2.24) is 9.21 Å². The molecule has 1 atom stereocenters. The lowest BCUT2D eigenvalue weighted by atomic mass is 9.90. The maximum absolute atomic E-state index is 13.6. The number of benzene rings is 2. The Bertz CT molecular complexity index is 1190. The fourth-order valence-electron chi connectivity index (χ4n) is 4.33. The molecule has 1 aliphatic heterocycles. The molecular formula is C25H28N2O3S2. The first kappa shape index (κ1) is 22.7. The second-order valence-corrected chi connectivity index (χ2v) is 11.0. The Hall–Kier alpha value is -2.48. The fraction of sp³-hybridized carbons (Fsp3) is 0.320. The van der Waals surface area contributed by atoms with E-state index in [1.165, 1.54) is 9.18 Å². The second-order valence-electron chi connectivity index (χ2n) is 8.05. The molecule has 0 radical (unpaired) electrons. The first-order valence-electron chi connectivity index (χ1n) is 10.9. The van der Waals surface area contributed by atoms with Crippen LogP contribution in [0.1, 0.15) is 41.0 Å². The van der Waals surface area contributed by atoms with Crippen LogP contribution in [0.3, 0.4) is 0 Å². The highest BCUT2D eigenvalue weighted by Crippen LogP contribution is 2.39. The van der Waals surface area contributed by atoms with Crippen LogP contribution in [0.25, 0.3) is 0 Å². The van der Waals surface area contributed by atoms with Crippen molar-refractivity contribution in [3.63, 3.8) is 0 Å². The summed E-state index contributed by atoms with van der Waals surface area (Å²) in [6.45, 7) is 4.70. The number of sulfonamides is 1. The van der Waals surface area contributed by atoms with Crippen LogP contribution >= 0.6 is 11.3 Å². The van der Waals surface area contributed by atoms with E-state index in [9.17, 15) is 13.2 Å². The molecule has 0 N–H and O–H groups in total. The van der Waals surface area contributed by atoms with Gasteiger partial charge in [0.1, 0.15) is 0 Å². The average Bonchev–Trinajstić information content (AvgIpc) is 3.28. The molecule has 0 spiro atoms. The third kappa shape index (κ3) is 4.37. The van der Waals surface area contributed by atoms with E-state index in [0.717, 1.165) is 23.1 Å². The summed E-state index contributed by atoms with van der Waals surface area (Å²) in [5.41, 5.74) is 3.36. The third-order valence-corrected chi connectivity index (χ3v) is 8.79. The van der Waals surface area contributed by atoms with E-state index in [4.69, 9.17) is 0 Å². The number of rotatable bonds is 7. The maximum Gasteiger partial charge on any atom is 0.243 e. The summed E-state index contributed by atoms with van der Waals surface area (Å²) in [5.74, 6) is -0.164. The molecule has 7 heteroatoms.